The number of hydrogen-bond donors (Lipinski definition) is 1. The number of nitrogens with one attached hydrogen (secondary N) is 1. The Hall–Kier alpha value is -3.85. The van der Waals surface area contributed by atoms with Gasteiger partial charge in [0.1, 0.15) is 5.75 Å². The van der Waals surface area contributed by atoms with Crippen LogP contribution in [0, 0.1) is 6.92 Å². The van der Waals surface area contributed by atoms with Gasteiger partial charge in [0.2, 0.25) is 5.95 Å². The van der Waals surface area contributed by atoms with E-state index in [4.69, 9.17) is 4.74 Å². The molecular weight excluding hydrogens is 464 g/mol. The second-order valence-electron chi connectivity index (χ2n) is 8.15. The molecule has 0 saturated heterocycles. The van der Waals surface area contributed by atoms with Crippen LogP contribution >= 0.6 is 0 Å². The Balaban J connectivity index is 1.69. The summed E-state index contributed by atoms with van der Waals surface area (Å²) < 4.78 is 35.3. The van der Waals surface area contributed by atoms with E-state index in [0.29, 0.717) is 29.5 Å². The number of sulfonamides is 1. The molecule has 0 aliphatic rings. The molecule has 4 rings (SSSR count). The number of methoxy groups -OCH3 is 1. The number of rotatable bonds is 8. The second kappa shape index (κ2) is 9.79. The SMILES string of the molecule is CCCn1c(NC(=O)c2cc(S(=O)(=O)N(C)c3ccccc3OC)ccc2C)nc2ccccc21. The van der Waals surface area contributed by atoms with E-state index in [-0.39, 0.29) is 10.5 Å². The lowest BCUT2D eigenvalue weighted by atomic mass is 10.1. The largest absolute Gasteiger partial charge is 0.495 e. The number of aryl methyl sites for hydroxylation is 2. The summed E-state index contributed by atoms with van der Waals surface area (Å²) in [4.78, 5) is 17.9. The van der Waals surface area contributed by atoms with E-state index in [9.17, 15) is 13.2 Å². The highest BCUT2D eigenvalue weighted by atomic mass is 32.2. The van der Waals surface area contributed by atoms with Crippen molar-refractivity contribution in [3.8, 4) is 5.75 Å². The number of ether oxygens (including phenoxy) is 1. The summed E-state index contributed by atoms with van der Waals surface area (Å²) in [5, 5.41) is 2.88. The Labute approximate surface area is 205 Å². The Bertz CT molecular complexity index is 1490. The number of anilines is 2. The Morgan fingerprint density at radius 2 is 1.80 bits per heavy atom. The first-order chi connectivity index (χ1) is 16.8. The van der Waals surface area contributed by atoms with Crippen LogP contribution in [0.3, 0.4) is 0 Å². The molecule has 9 heteroatoms. The van der Waals surface area contributed by atoms with Crippen molar-refractivity contribution in [3.05, 3.63) is 77.9 Å². The summed E-state index contributed by atoms with van der Waals surface area (Å²) in [6.07, 6.45) is 0.866. The van der Waals surface area contributed by atoms with Gasteiger partial charge in [-0.05, 0) is 55.3 Å². The Kier molecular flexibility index (Phi) is 6.79. The maximum absolute atomic E-state index is 13.4. The van der Waals surface area contributed by atoms with Crippen LogP contribution in [0.25, 0.3) is 11.0 Å². The van der Waals surface area contributed by atoms with Crippen molar-refractivity contribution in [2.75, 3.05) is 23.8 Å². The van der Waals surface area contributed by atoms with Crippen molar-refractivity contribution >= 4 is 38.6 Å². The van der Waals surface area contributed by atoms with Crippen LogP contribution in [0.1, 0.15) is 29.3 Å². The van der Waals surface area contributed by atoms with Crippen LogP contribution in [0.15, 0.2) is 71.6 Å². The molecule has 3 aromatic carbocycles. The third kappa shape index (κ3) is 4.59. The van der Waals surface area contributed by atoms with Gasteiger partial charge in [-0.25, -0.2) is 13.4 Å². The summed E-state index contributed by atoms with van der Waals surface area (Å²) in [5.74, 6) is 0.433. The molecular formula is C26H28N4O4S. The van der Waals surface area contributed by atoms with Crippen molar-refractivity contribution in [1.82, 2.24) is 9.55 Å². The van der Waals surface area contributed by atoms with Gasteiger partial charge in [0.25, 0.3) is 15.9 Å². The molecule has 0 aliphatic heterocycles. The molecule has 0 atom stereocenters. The van der Waals surface area contributed by atoms with Gasteiger partial charge in [0.15, 0.2) is 0 Å². The maximum atomic E-state index is 13.4. The molecule has 1 N–H and O–H groups in total. The second-order valence-corrected chi connectivity index (χ2v) is 10.1. The molecule has 35 heavy (non-hydrogen) atoms. The number of hydrogen-bond acceptors (Lipinski definition) is 5. The van der Waals surface area contributed by atoms with Crippen LogP contribution in [0.5, 0.6) is 5.75 Å². The quantitative estimate of drug-likeness (QED) is 0.380. The van der Waals surface area contributed by atoms with Crippen LogP contribution < -0.4 is 14.4 Å². The van der Waals surface area contributed by atoms with Crippen molar-refractivity contribution < 1.29 is 17.9 Å². The lowest BCUT2D eigenvalue weighted by molar-refractivity contribution is 0.102. The number of carbonyl (C=O) groups is 1. The third-order valence-corrected chi connectivity index (χ3v) is 7.63. The number of fused-ring (bicyclic) bond motifs is 1. The van der Waals surface area contributed by atoms with Gasteiger partial charge in [-0.15, -0.1) is 0 Å². The number of aromatic nitrogens is 2. The van der Waals surface area contributed by atoms with Gasteiger partial charge in [-0.3, -0.25) is 14.4 Å². The fourth-order valence-electron chi connectivity index (χ4n) is 3.97. The first-order valence-electron chi connectivity index (χ1n) is 11.3. The summed E-state index contributed by atoms with van der Waals surface area (Å²) >= 11 is 0. The van der Waals surface area contributed by atoms with Crippen LogP contribution in [-0.4, -0.2) is 38.0 Å². The molecule has 0 unspecified atom stereocenters. The minimum atomic E-state index is -3.96. The van der Waals surface area contributed by atoms with Crippen LogP contribution in [0.2, 0.25) is 0 Å². The number of benzene rings is 3. The fourth-order valence-corrected chi connectivity index (χ4v) is 5.21. The van der Waals surface area contributed by atoms with E-state index in [1.807, 2.05) is 28.8 Å². The molecule has 0 bridgehead atoms. The van der Waals surface area contributed by atoms with Gasteiger partial charge < -0.3 is 9.30 Å². The summed E-state index contributed by atoms with van der Waals surface area (Å²) in [6, 6.07) is 19.1. The Morgan fingerprint density at radius 3 is 2.54 bits per heavy atom. The van der Waals surface area contributed by atoms with Gasteiger partial charge in [-0.1, -0.05) is 37.3 Å². The number of imidazole rings is 1. The lowest BCUT2D eigenvalue weighted by Gasteiger charge is -2.22. The normalized spacial score (nSPS) is 11.4. The molecule has 1 aromatic heterocycles. The monoisotopic (exact) mass is 492 g/mol. The highest BCUT2D eigenvalue weighted by molar-refractivity contribution is 7.92. The van der Waals surface area contributed by atoms with Gasteiger partial charge >= 0.3 is 0 Å². The minimum Gasteiger partial charge on any atom is -0.495 e. The van der Waals surface area contributed by atoms with E-state index in [1.54, 1.807) is 37.3 Å². The van der Waals surface area contributed by atoms with E-state index in [1.165, 1.54) is 26.3 Å². The average Bonchev–Trinajstić information content (AvgIpc) is 3.20. The van der Waals surface area contributed by atoms with Crippen LogP contribution in [-0.2, 0) is 16.6 Å². The van der Waals surface area contributed by atoms with E-state index < -0.39 is 15.9 Å². The predicted octanol–water partition coefficient (Wildman–Crippen LogP) is 4.84. The molecule has 0 fully saturated rings. The van der Waals surface area contributed by atoms with Crippen molar-refractivity contribution in [2.24, 2.45) is 0 Å². The smallest absolute Gasteiger partial charge is 0.264 e. The number of carbonyl (C=O) groups excluding carboxylic acids is 1. The molecule has 8 nitrogen and oxygen atoms in total. The van der Waals surface area contributed by atoms with Gasteiger partial charge in [-0.2, -0.15) is 0 Å². The first-order valence-corrected chi connectivity index (χ1v) is 12.7. The maximum Gasteiger partial charge on any atom is 0.264 e. The Morgan fingerprint density at radius 1 is 1.09 bits per heavy atom. The topological polar surface area (TPSA) is 93.5 Å². The summed E-state index contributed by atoms with van der Waals surface area (Å²) in [6.45, 7) is 4.51. The zero-order valence-corrected chi connectivity index (χ0v) is 21.0. The molecule has 4 aromatic rings. The number of amides is 1. The standard InChI is InChI=1S/C26H28N4O4S/c1-5-16-30-22-11-7-6-10-21(22)27-26(30)28-25(31)20-17-19(15-14-18(20)2)35(32,33)29(3)23-12-8-9-13-24(23)34-4/h6-15,17H,5,16H2,1-4H3,(H,27,28,31). The summed E-state index contributed by atoms with van der Waals surface area (Å²) in [7, 11) is -1.01. The zero-order valence-electron chi connectivity index (χ0n) is 20.1. The third-order valence-electron chi connectivity index (χ3n) is 5.86. The number of nitrogens with zero attached hydrogens (tertiary/aromatic N) is 3. The van der Waals surface area contributed by atoms with E-state index in [2.05, 4.69) is 17.2 Å². The fraction of sp³-hybridized carbons (Fsp3) is 0.231. The number of para-hydroxylation sites is 4. The molecule has 0 radical (unpaired) electrons. The van der Waals surface area contributed by atoms with Crippen LogP contribution in [0.4, 0.5) is 11.6 Å². The van der Waals surface area contributed by atoms with E-state index in [0.717, 1.165) is 21.8 Å². The van der Waals surface area contributed by atoms with Crippen molar-refractivity contribution in [2.45, 2.75) is 31.7 Å². The minimum absolute atomic E-state index is 0.00344. The average molecular weight is 493 g/mol. The molecule has 1 amide bonds. The zero-order chi connectivity index (χ0) is 25.2. The molecule has 0 saturated carbocycles. The highest BCUT2D eigenvalue weighted by Gasteiger charge is 2.25. The molecule has 0 aliphatic carbocycles. The molecule has 182 valence electrons. The lowest BCUT2D eigenvalue weighted by Crippen LogP contribution is -2.27. The molecule has 1 heterocycles. The first kappa shape index (κ1) is 24.3. The summed E-state index contributed by atoms with van der Waals surface area (Å²) in [5.41, 5.74) is 3.02. The van der Waals surface area contributed by atoms with Crippen molar-refractivity contribution in [3.63, 3.8) is 0 Å². The van der Waals surface area contributed by atoms with E-state index >= 15 is 0 Å². The molecule has 0 spiro atoms. The predicted molar refractivity (Wildman–Crippen MR) is 138 cm³/mol. The highest BCUT2D eigenvalue weighted by Crippen LogP contribution is 2.31. The van der Waals surface area contributed by atoms with Gasteiger partial charge in [0.05, 0.1) is 28.7 Å². The van der Waals surface area contributed by atoms with Gasteiger partial charge in [0, 0.05) is 19.2 Å². The van der Waals surface area contributed by atoms with Crippen molar-refractivity contribution in [1.29, 1.82) is 0 Å².